The summed E-state index contributed by atoms with van der Waals surface area (Å²) < 4.78 is 5.97. The number of pyridine rings is 1. The SMILES string of the molecule is COC(=O)c1nc(-c2nnnn2C)cc(N)c1Cl. The summed E-state index contributed by atoms with van der Waals surface area (Å²) in [6.45, 7) is 0. The summed E-state index contributed by atoms with van der Waals surface area (Å²) in [6, 6.07) is 1.49. The lowest BCUT2D eigenvalue weighted by Crippen LogP contribution is -2.09. The molecule has 0 atom stereocenters. The van der Waals surface area contributed by atoms with Gasteiger partial charge in [-0.2, -0.15) is 0 Å². The van der Waals surface area contributed by atoms with Crippen molar-refractivity contribution in [2.24, 2.45) is 7.05 Å². The number of nitrogens with zero attached hydrogens (tertiary/aromatic N) is 5. The quantitative estimate of drug-likeness (QED) is 0.780. The topological polar surface area (TPSA) is 109 Å². The number of aryl methyl sites for hydroxylation is 1. The van der Waals surface area contributed by atoms with E-state index in [1.165, 1.54) is 17.9 Å². The average molecular weight is 269 g/mol. The first-order valence-corrected chi connectivity index (χ1v) is 5.19. The van der Waals surface area contributed by atoms with E-state index < -0.39 is 5.97 Å². The smallest absolute Gasteiger partial charge is 0.358 e. The number of halogens is 1. The molecule has 0 spiro atoms. The van der Waals surface area contributed by atoms with Crippen LogP contribution in [0, 0.1) is 0 Å². The van der Waals surface area contributed by atoms with Crippen molar-refractivity contribution >= 4 is 23.3 Å². The molecule has 0 saturated carbocycles. The van der Waals surface area contributed by atoms with Gasteiger partial charge >= 0.3 is 5.97 Å². The Morgan fingerprint density at radius 1 is 1.56 bits per heavy atom. The molecule has 2 heterocycles. The molecule has 0 aliphatic carbocycles. The van der Waals surface area contributed by atoms with E-state index in [-0.39, 0.29) is 16.4 Å². The minimum atomic E-state index is -0.677. The predicted octanol–water partition coefficient (Wildman–Crippen LogP) is 0.294. The van der Waals surface area contributed by atoms with Gasteiger partial charge in [0.2, 0.25) is 0 Å². The highest BCUT2D eigenvalue weighted by Gasteiger charge is 2.19. The maximum absolute atomic E-state index is 11.5. The van der Waals surface area contributed by atoms with Crippen LogP contribution in [0.1, 0.15) is 10.5 Å². The van der Waals surface area contributed by atoms with Crippen LogP contribution in [-0.2, 0) is 11.8 Å². The van der Waals surface area contributed by atoms with Crippen LogP contribution in [0.25, 0.3) is 11.5 Å². The fourth-order valence-electron chi connectivity index (χ4n) is 1.34. The molecule has 0 aliphatic rings. The number of nitrogen functional groups attached to an aromatic ring is 1. The molecule has 2 rings (SSSR count). The maximum atomic E-state index is 11.5. The molecular weight excluding hydrogens is 260 g/mol. The normalized spacial score (nSPS) is 10.4. The van der Waals surface area contributed by atoms with Crippen molar-refractivity contribution in [2.45, 2.75) is 0 Å². The molecule has 0 radical (unpaired) electrons. The van der Waals surface area contributed by atoms with Crippen molar-refractivity contribution < 1.29 is 9.53 Å². The van der Waals surface area contributed by atoms with E-state index in [0.29, 0.717) is 11.5 Å². The number of hydrogen-bond donors (Lipinski definition) is 1. The number of esters is 1. The van der Waals surface area contributed by atoms with Gasteiger partial charge in [0, 0.05) is 7.05 Å². The Morgan fingerprint density at radius 2 is 2.28 bits per heavy atom. The second kappa shape index (κ2) is 4.57. The second-order valence-corrected chi connectivity index (χ2v) is 3.75. The molecule has 94 valence electrons. The maximum Gasteiger partial charge on any atom is 0.358 e. The van der Waals surface area contributed by atoms with Crippen molar-refractivity contribution in [1.29, 1.82) is 0 Å². The zero-order chi connectivity index (χ0) is 13.3. The molecule has 0 bridgehead atoms. The van der Waals surface area contributed by atoms with Crippen LogP contribution in [0.5, 0.6) is 0 Å². The molecule has 18 heavy (non-hydrogen) atoms. The largest absolute Gasteiger partial charge is 0.464 e. The molecule has 9 heteroatoms. The molecule has 8 nitrogen and oxygen atoms in total. The summed E-state index contributed by atoms with van der Waals surface area (Å²) in [6.07, 6.45) is 0. The summed E-state index contributed by atoms with van der Waals surface area (Å²) in [5.41, 5.74) is 6.18. The van der Waals surface area contributed by atoms with Crippen LogP contribution in [-0.4, -0.2) is 38.3 Å². The van der Waals surface area contributed by atoms with Crippen LogP contribution in [0.4, 0.5) is 5.69 Å². The number of ether oxygens (including phenoxy) is 1. The van der Waals surface area contributed by atoms with Gasteiger partial charge in [-0.15, -0.1) is 5.10 Å². The number of aromatic nitrogens is 5. The molecule has 2 N–H and O–H groups in total. The standard InChI is InChI=1S/C9H9ClN6O2/c1-16-8(13-14-15-16)5-3-4(11)6(10)7(12-5)9(17)18-2/h3H,1-2H3,(H2,11,12). The summed E-state index contributed by atoms with van der Waals surface area (Å²) >= 11 is 5.89. The highest BCUT2D eigenvalue weighted by atomic mass is 35.5. The van der Waals surface area contributed by atoms with Gasteiger partial charge in [-0.05, 0) is 16.5 Å². The lowest BCUT2D eigenvalue weighted by molar-refractivity contribution is 0.0594. The van der Waals surface area contributed by atoms with E-state index in [0.717, 1.165) is 0 Å². The van der Waals surface area contributed by atoms with Crippen molar-refractivity contribution in [3.05, 3.63) is 16.8 Å². The third-order valence-electron chi connectivity index (χ3n) is 2.21. The van der Waals surface area contributed by atoms with Crippen molar-refractivity contribution in [3.63, 3.8) is 0 Å². The highest BCUT2D eigenvalue weighted by Crippen LogP contribution is 2.27. The molecule has 0 fully saturated rings. The average Bonchev–Trinajstić information content (AvgIpc) is 2.78. The minimum Gasteiger partial charge on any atom is -0.464 e. The van der Waals surface area contributed by atoms with Crippen molar-refractivity contribution in [3.8, 4) is 11.5 Å². The first-order valence-electron chi connectivity index (χ1n) is 4.81. The molecule has 0 saturated heterocycles. The number of methoxy groups -OCH3 is 1. The minimum absolute atomic E-state index is 0.0423. The zero-order valence-electron chi connectivity index (χ0n) is 9.59. The van der Waals surface area contributed by atoms with Crippen LogP contribution in [0.2, 0.25) is 5.02 Å². The number of carbonyl (C=O) groups is 1. The fraction of sp³-hybridized carbons (Fsp3) is 0.222. The number of carbonyl (C=O) groups excluding carboxylic acids is 1. The van der Waals surface area contributed by atoms with Crippen molar-refractivity contribution in [2.75, 3.05) is 12.8 Å². The van der Waals surface area contributed by atoms with E-state index in [2.05, 4.69) is 25.2 Å². The van der Waals surface area contributed by atoms with E-state index >= 15 is 0 Å². The van der Waals surface area contributed by atoms with Gasteiger partial charge in [-0.25, -0.2) is 14.5 Å². The van der Waals surface area contributed by atoms with E-state index in [9.17, 15) is 4.79 Å². The fourth-order valence-corrected chi connectivity index (χ4v) is 1.52. The van der Waals surface area contributed by atoms with Gasteiger partial charge in [0.25, 0.3) is 0 Å². The van der Waals surface area contributed by atoms with Crippen LogP contribution >= 0.6 is 11.6 Å². The third-order valence-corrected chi connectivity index (χ3v) is 2.61. The Kier molecular flexibility index (Phi) is 3.11. The number of nitrogens with two attached hydrogens (primary N) is 1. The molecule has 2 aromatic rings. The molecule has 2 aromatic heterocycles. The first-order chi connectivity index (χ1) is 8.54. The molecular formula is C9H9ClN6O2. The van der Waals surface area contributed by atoms with E-state index in [1.54, 1.807) is 7.05 Å². The Balaban J connectivity index is 2.61. The van der Waals surface area contributed by atoms with Gasteiger partial charge < -0.3 is 10.5 Å². The highest BCUT2D eigenvalue weighted by molar-refractivity contribution is 6.35. The van der Waals surface area contributed by atoms with Crippen LogP contribution in [0.3, 0.4) is 0 Å². The van der Waals surface area contributed by atoms with Gasteiger partial charge in [0.1, 0.15) is 5.69 Å². The van der Waals surface area contributed by atoms with Gasteiger partial charge in [-0.3, -0.25) is 0 Å². The third kappa shape index (κ3) is 1.97. The van der Waals surface area contributed by atoms with Crippen LogP contribution in [0.15, 0.2) is 6.07 Å². The van der Waals surface area contributed by atoms with Gasteiger partial charge in [0.05, 0.1) is 17.8 Å². The van der Waals surface area contributed by atoms with Crippen LogP contribution < -0.4 is 5.73 Å². The van der Waals surface area contributed by atoms with Gasteiger partial charge in [-0.1, -0.05) is 11.6 Å². The van der Waals surface area contributed by atoms with E-state index in [4.69, 9.17) is 17.3 Å². The Bertz CT molecular complexity index is 611. The molecule has 0 amide bonds. The number of hydrogen-bond acceptors (Lipinski definition) is 7. The second-order valence-electron chi connectivity index (χ2n) is 3.38. The first kappa shape index (κ1) is 12.2. The summed E-state index contributed by atoms with van der Waals surface area (Å²) in [5.74, 6) is -0.313. The summed E-state index contributed by atoms with van der Waals surface area (Å²) in [4.78, 5) is 15.6. The Labute approximate surface area is 107 Å². The van der Waals surface area contributed by atoms with E-state index in [1.807, 2.05) is 0 Å². The van der Waals surface area contributed by atoms with Crippen molar-refractivity contribution in [1.82, 2.24) is 25.2 Å². The lowest BCUT2D eigenvalue weighted by Gasteiger charge is -2.07. The number of tetrazole rings is 1. The molecule has 0 aliphatic heterocycles. The Hall–Kier alpha value is -2.22. The number of anilines is 1. The Morgan fingerprint density at radius 3 is 2.83 bits per heavy atom. The monoisotopic (exact) mass is 268 g/mol. The molecule has 0 aromatic carbocycles. The summed E-state index contributed by atoms with van der Waals surface area (Å²) in [5, 5.41) is 11.0. The lowest BCUT2D eigenvalue weighted by atomic mass is 10.2. The number of rotatable bonds is 2. The molecule has 0 unspecified atom stereocenters. The van der Waals surface area contributed by atoms with Gasteiger partial charge in [0.15, 0.2) is 11.5 Å². The summed E-state index contributed by atoms with van der Waals surface area (Å²) in [7, 11) is 2.87. The predicted molar refractivity (Wildman–Crippen MR) is 62.8 cm³/mol. The zero-order valence-corrected chi connectivity index (χ0v) is 10.3.